The highest BCUT2D eigenvalue weighted by Crippen LogP contribution is 2.11. The van der Waals surface area contributed by atoms with Gasteiger partial charge in [0.05, 0.1) is 6.04 Å². The van der Waals surface area contributed by atoms with Crippen LogP contribution in [-0.2, 0) is 0 Å². The topological polar surface area (TPSA) is 12.0 Å². The van der Waals surface area contributed by atoms with Crippen molar-refractivity contribution in [3.63, 3.8) is 0 Å². The third kappa shape index (κ3) is 1.15. The second kappa shape index (κ2) is 2.40. The molecule has 0 aromatic carbocycles. The molecule has 1 saturated heterocycles. The van der Waals surface area contributed by atoms with Crippen LogP contribution in [0.25, 0.3) is 0 Å². The van der Waals surface area contributed by atoms with Crippen molar-refractivity contribution in [2.75, 3.05) is 6.54 Å². The van der Waals surface area contributed by atoms with Crippen LogP contribution in [0.15, 0.2) is 0 Å². The van der Waals surface area contributed by atoms with Gasteiger partial charge in [-0.15, -0.1) is 0 Å². The summed E-state index contributed by atoms with van der Waals surface area (Å²) in [6.45, 7) is 0.759. The first-order chi connectivity index (χ1) is 3.80. The molecular formula is C5H9F2N. The van der Waals surface area contributed by atoms with E-state index in [4.69, 9.17) is 0 Å². The van der Waals surface area contributed by atoms with Crippen molar-refractivity contribution in [2.24, 2.45) is 0 Å². The van der Waals surface area contributed by atoms with E-state index in [0.29, 0.717) is 6.42 Å². The highest BCUT2D eigenvalue weighted by atomic mass is 19.3. The van der Waals surface area contributed by atoms with Gasteiger partial charge < -0.3 is 5.32 Å². The molecule has 1 aliphatic heterocycles. The minimum absolute atomic E-state index is 0.519. The van der Waals surface area contributed by atoms with Gasteiger partial charge in [-0.2, -0.15) is 0 Å². The first-order valence-electron chi connectivity index (χ1n) is 2.82. The number of hydrogen-bond acceptors (Lipinski definition) is 1. The fourth-order valence-corrected chi connectivity index (χ4v) is 0.927. The molecule has 0 radical (unpaired) electrons. The molecule has 0 bridgehead atoms. The molecule has 0 aliphatic carbocycles. The quantitative estimate of drug-likeness (QED) is 0.545. The Hall–Kier alpha value is -0.180. The van der Waals surface area contributed by atoms with Crippen molar-refractivity contribution >= 4 is 0 Å². The molecule has 0 spiro atoms. The maximum atomic E-state index is 11.7. The number of alkyl halides is 2. The van der Waals surface area contributed by atoms with Crippen molar-refractivity contribution in [1.82, 2.24) is 5.32 Å². The van der Waals surface area contributed by atoms with Crippen LogP contribution >= 0.6 is 0 Å². The van der Waals surface area contributed by atoms with E-state index < -0.39 is 12.5 Å². The molecule has 0 amide bonds. The Morgan fingerprint density at radius 3 is 2.50 bits per heavy atom. The predicted octanol–water partition coefficient (Wildman–Crippen LogP) is 1.00. The standard InChI is InChI=1S/C5H9F2N/c6-5(7)4-2-1-3-8-4/h4-5,8H,1-3H2/t4-/m1/s1. The summed E-state index contributed by atoms with van der Waals surface area (Å²) < 4.78 is 23.4. The van der Waals surface area contributed by atoms with E-state index in [1.54, 1.807) is 0 Å². The third-order valence-corrected chi connectivity index (χ3v) is 1.40. The maximum absolute atomic E-state index is 11.7. The molecule has 0 aromatic rings. The Labute approximate surface area is 47.1 Å². The average Bonchev–Trinajstić information content (AvgIpc) is 2.12. The van der Waals surface area contributed by atoms with Gasteiger partial charge in [-0.1, -0.05) is 0 Å². The molecule has 1 heterocycles. The van der Waals surface area contributed by atoms with Gasteiger partial charge in [0, 0.05) is 0 Å². The van der Waals surface area contributed by atoms with E-state index in [1.807, 2.05) is 0 Å². The molecule has 1 nitrogen and oxygen atoms in total. The molecule has 0 saturated carbocycles. The van der Waals surface area contributed by atoms with Gasteiger partial charge >= 0.3 is 0 Å². The summed E-state index contributed by atoms with van der Waals surface area (Å²) in [5.74, 6) is 0. The van der Waals surface area contributed by atoms with E-state index in [2.05, 4.69) is 5.32 Å². The Morgan fingerprint density at radius 2 is 2.25 bits per heavy atom. The van der Waals surface area contributed by atoms with Gasteiger partial charge in [-0.25, -0.2) is 8.78 Å². The summed E-state index contributed by atoms with van der Waals surface area (Å²) in [6, 6.07) is -0.519. The van der Waals surface area contributed by atoms with Gasteiger partial charge in [0.25, 0.3) is 6.43 Å². The van der Waals surface area contributed by atoms with Crippen LogP contribution in [-0.4, -0.2) is 19.0 Å². The Morgan fingerprint density at radius 1 is 1.50 bits per heavy atom. The van der Waals surface area contributed by atoms with Crippen molar-refractivity contribution in [1.29, 1.82) is 0 Å². The maximum Gasteiger partial charge on any atom is 0.253 e. The number of nitrogens with one attached hydrogen (secondary N) is 1. The van der Waals surface area contributed by atoms with Crippen molar-refractivity contribution in [3.8, 4) is 0 Å². The molecule has 1 atom stereocenters. The summed E-state index contributed by atoms with van der Waals surface area (Å²) in [7, 11) is 0. The van der Waals surface area contributed by atoms with Crippen LogP contribution in [0.2, 0.25) is 0 Å². The number of rotatable bonds is 1. The van der Waals surface area contributed by atoms with E-state index in [1.165, 1.54) is 0 Å². The van der Waals surface area contributed by atoms with Gasteiger partial charge in [0.1, 0.15) is 0 Å². The normalized spacial score (nSPS) is 29.6. The van der Waals surface area contributed by atoms with Crippen LogP contribution in [0.3, 0.4) is 0 Å². The van der Waals surface area contributed by atoms with Crippen molar-refractivity contribution < 1.29 is 8.78 Å². The average molecular weight is 121 g/mol. The van der Waals surface area contributed by atoms with E-state index in [-0.39, 0.29) is 0 Å². The van der Waals surface area contributed by atoms with Crippen LogP contribution in [0.4, 0.5) is 8.78 Å². The lowest BCUT2D eigenvalue weighted by Crippen LogP contribution is -2.28. The van der Waals surface area contributed by atoms with Crippen LogP contribution in [0, 0.1) is 0 Å². The zero-order valence-corrected chi connectivity index (χ0v) is 4.53. The molecule has 48 valence electrons. The third-order valence-electron chi connectivity index (χ3n) is 1.40. The fourth-order valence-electron chi connectivity index (χ4n) is 0.927. The number of hydrogen-bond donors (Lipinski definition) is 1. The summed E-state index contributed by atoms with van der Waals surface area (Å²) in [6.07, 6.45) is -0.635. The highest BCUT2D eigenvalue weighted by Gasteiger charge is 2.22. The van der Waals surface area contributed by atoms with Crippen LogP contribution in [0.1, 0.15) is 12.8 Å². The highest BCUT2D eigenvalue weighted by molar-refractivity contribution is 4.75. The number of halogens is 2. The van der Waals surface area contributed by atoms with E-state index >= 15 is 0 Å². The van der Waals surface area contributed by atoms with Crippen LogP contribution in [0.5, 0.6) is 0 Å². The Bertz CT molecular complexity index is 68.8. The van der Waals surface area contributed by atoms with Gasteiger partial charge in [0.15, 0.2) is 0 Å². The summed E-state index contributed by atoms with van der Waals surface area (Å²) >= 11 is 0. The molecule has 3 heteroatoms. The second-order valence-corrected chi connectivity index (χ2v) is 2.04. The Balaban J connectivity index is 2.24. The molecule has 1 aliphatic rings. The molecule has 1 N–H and O–H groups in total. The second-order valence-electron chi connectivity index (χ2n) is 2.04. The molecule has 0 aromatic heterocycles. The van der Waals surface area contributed by atoms with Crippen molar-refractivity contribution in [3.05, 3.63) is 0 Å². The zero-order valence-electron chi connectivity index (χ0n) is 4.53. The molecule has 1 rings (SSSR count). The zero-order chi connectivity index (χ0) is 5.98. The lowest BCUT2D eigenvalue weighted by Gasteiger charge is -2.05. The van der Waals surface area contributed by atoms with Crippen LogP contribution < -0.4 is 5.32 Å². The minimum Gasteiger partial charge on any atom is -0.309 e. The molecule has 0 unspecified atom stereocenters. The first kappa shape index (κ1) is 5.95. The van der Waals surface area contributed by atoms with E-state index in [0.717, 1.165) is 13.0 Å². The predicted molar refractivity (Wildman–Crippen MR) is 27.0 cm³/mol. The first-order valence-corrected chi connectivity index (χ1v) is 2.82. The summed E-state index contributed by atoms with van der Waals surface area (Å²) in [5, 5.41) is 2.71. The molecular weight excluding hydrogens is 112 g/mol. The summed E-state index contributed by atoms with van der Waals surface area (Å²) in [4.78, 5) is 0. The van der Waals surface area contributed by atoms with Crippen molar-refractivity contribution in [2.45, 2.75) is 25.3 Å². The smallest absolute Gasteiger partial charge is 0.253 e. The largest absolute Gasteiger partial charge is 0.309 e. The molecule has 1 fully saturated rings. The SMILES string of the molecule is FC(F)[C@H]1CCCN1. The minimum atomic E-state index is -2.17. The fraction of sp³-hybridized carbons (Fsp3) is 1.00. The molecule has 8 heavy (non-hydrogen) atoms. The summed E-state index contributed by atoms with van der Waals surface area (Å²) in [5.41, 5.74) is 0. The Kier molecular flexibility index (Phi) is 1.78. The van der Waals surface area contributed by atoms with E-state index in [9.17, 15) is 8.78 Å². The van der Waals surface area contributed by atoms with Gasteiger partial charge in [-0.05, 0) is 19.4 Å². The monoisotopic (exact) mass is 121 g/mol. The lowest BCUT2D eigenvalue weighted by atomic mass is 10.2. The lowest BCUT2D eigenvalue weighted by molar-refractivity contribution is 0.107. The van der Waals surface area contributed by atoms with Gasteiger partial charge in [0.2, 0.25) is 0 Å². The van der Waals surface area contributed by atoms with Gasteiger partial charge in [-0.3, -0.25) is 0 Å².